The Bertz CT molecular complexity index is 949. The summed E-state index contributed by atoms with van der Waals surface area (Å²) in [6.45, 7) is 1.22. The predicted octanol–water partition coefficient (Wildman–Crippen LogP) is 3.17. The molecule has 1 fully saturated rings. The minimum absolute atomic E-state index is 0.00424. The summed E-state index contributed by atoms with van der Waals surface area (Å²) >= 11 is 0. The Hall–Kier alpha value is -2.36. The first-order valence-electron chi connectivity index (χ1n) is 8.53. The highest BCUT2D eigenvalue weighted by Crippen LogP contribution is 2.32. The fourth-order valence-electron chi connectivity index (χ4n) is 3.21. The summed E-state index contributed by atoms with van der Waals surface area (Å²) in [6.07, 6.45) is 3.04. The first-order chi connectivity index (χ1) is 12.7. The van der Waals surface area contributed by atoms with Gasteiger partial charge in [0.1, 0.15) is 11.5 Å². The number of aromatic nitrogens is 3. The number of Topliss-reactive ketones (excluding diaryl/α,β-unsaturated/α-hetero) is 1. The van der Waals surface area contributed by atoms with E-state index in [1.54, 1.807) is 0 Å². The summed E-state index contributed by atoms with van der Waals surface area (Å²) in [5, 5.41) is 7.07. The highest BCUT2D eigenvalue weighted by atomic mass is 32.2. The van der Waals surface area contributed by atoms with E-state index in [2.05, 4.69) is 15.4 Å². The summed E-state index contributed by atoms with van der Waals surface area (Å²) in [7, 11) is -3.44. The van der Waals surface area contributed by atoms with Crippen LogP contribution in [0.4, 0.5) is 14.6 Å². The van der Waals surface area contributed by atoms with E-state index in [1.807, 2.05) is 0 Å². The Morgan fingerprint density at radius 1 is 1.30 bits per heavy atom. The zero-order valence-corrected chi connectivity index (χ0v) is 15.8. The normalized spacial score (nSPS) is 15.4. The minimum Gasteiger partial charge on any atom is -0.367 e. The van der Waals surface area contributed by atoms with Crippen LogP contribution in [-0.2, 0) is 9.84 Å². The number of halogens is 2. The number of hydrogen-bond donors (Lipinski definition) is 1. The van der Waals surface area contributed by atoms with Crippen LogP contribution in [0.15, 0.2) is 23.2 Å². The van der Waals surface area contributed by atoms with Crippen molar-refractivity contribution in [2.24, 2.45) is 0 Å². The fourth-order valence-corrected chi connectivity index (χ4v) is 3.77. The average molecular weight is 398 g/mol. The van der Waals surface area contributed by atoms with Crippen LogP contribution < -0.4 is 5.32 Å². The van der Waals surface area contributed by atoms with E-state index in [1.165, 1.54) is 19.1 Å². The second kappa shape index (κ2) is 7.34. The molecule has 0 atom stereocenters. The van der Waals surface area contributed by atoms with Gasteiger partial charge in [0.25, 0.3) is 6.43 Å². The highest BCUT2D eigenvalue weighted by Gasteiger charge is 2.30. The molecule has 1 N–H and O–H groups in total. The van der Waals surface area contributed by atoms with Gasteiger partial charge >= 0.3 is 0 Å². The van der Waals surface area contributed by atoms with Gasteiger partial charge in [-0.2, -0.15) is 9.78 Å². The Labute approximate surface area is 155 Å². The maximum atomic E-state index is 13.5. The molecule has 27 heavy (non-hydrogen) atoms. The summed E-state index contributed by atoms with van der Waals surface area (Å²) in [5.41, 5.74) is -0.775. The lowest BCUT2D eigenvalue weighted by atomic mass is 10.1. The van der Waals surface area contributed by atoms with Crippen LogP contribution in [0.3, 0.4) is 0 Å². The van der Waals surface area contributed by atoms with E-state index in [-0.39, 0.29) is 28.1 Å². The van der Waals surface area contributed by atoms with E-state index in [0.717, 1.165) is 42.8 Å². The summed E-state index contributed by atoms with van der Waals surface area (Å²) in [6, 6.07) is 2.76. The van der Waals surface area contributed by atoms with Gasteiger partial charge in [0.05, 0.1) is 10.5 Å². The molecule has 1 saturated carbocycles. The lowest BCUT2D eigenvalue weighted by Crippen LogP contribution is -2.19. The van der Waals surface area contributed by atoms with E-state index < -0.39 is 27.7 Å². The number of alkyl halides is 2. The number of pyridine rings is 1. The average Bonchev–Trinajstić information content (AvgIpc) is 3.22. The van der Waals surface area contributed by atoms with Gasteiger partial charge in [-0.05, 0) is 31.9 Å². The number of hydrogen-bond acceptors (Lipinski definition) is 6. The molecule has 10 heteroatoms. The molecule has 0 amide bonds. The standard InChI is InChI=1S/C17H20F2N4O3S/c1-10(24)14-15(16(18)19)22-23(17(14)21-11-5-3-4-6-11)13-8-7-12(9-20-13)27(2,25)26/h7-9,11,16,21H,3-6H2,1-2H3. The van der Waals surface area contributed by atoms with Gasteiger partial charge in [-0.3, -0.25) is 4.79 Å². The van der Waals surface area contributed by atoms with Gasteiger partial charge in [-0.25, -0.2) is 22.2 Å². The number of anilines is 1. The summed E-state index contributed by atoms with van der Waals surface area (Å²) < 4.78 is 51.3. The zero-order valence-electron chi connectivity index (χ0n) is 14.9. The number of carbonyl (C=O) groups is 1. The predicted molar refractivity (Wildman–Crippen MR) is 95.3 cm³/mol. The van der Waals surface area contributed by atoms with Crippen molar-refractivity contribution in [1.29, 1.82) is 0 Å². The molecule has 3 rings (SSSR count). The van der Waals surface area contributed by atoms with Crippen LogP contribution in [0, 0.1) is 0 Å². The second-order valence-electron chi connectivity index (χ2n) is 6.63. The number of ketones is 1. The lowest BCUT2D eigenvalue weighted by molar-refractivity contribution is 0.0998. The minimum atomic E-state index is -3.44. The SMILES string of the molecule is CC(=O)c1c(C(F)F)nn(-c2ccc(S(C)(=O)=O)cn2)c1NC1CCCC1. The van der Waals surface area contributed by atoms with Gasteiger partial charge in [0.2, 0.25) is 0 Å². The molecule has 0 aromatic carbocycles. The van der Waals surface area contributed by atoms with Crippen molar-refractivity contribution in [3.63, 3.8) is 0 Å². The highest BCUT2D eigenvalue weighted by molar-refractivity contribution is 7.90. The maximum Gasteiger partial charge on any atom is 0.282 e. The molecule has 146 valence electrons. The van der Waals surface area contributed by atoms with Crippen molar-refractivity contribution in [1.82, 2.24) is 14.8 Å². The van der Waals surface area contributed by atoms with Gasteiger partial charge in [0.15, 0.2) is 21.4 Å². The van der Waals surface area contributed by atoms with Gasteiger partial charge in [-0.15, -0.1) is 0 Å². The number of nitrogens with zero attached hydrogens (tertiary/aromatic N) is 3. The third-order valence-electron chi connectivity index (χ3n) is 4.53. The van der Waals surface area contributed by atoms with Crippen molar-refractivity contribution < 1.29 is 22.0 Å². The molecule has 2 aromatic rings. The van der Waals surface area contributed by atoms with Crippen molar-refractivity contribution in [3.8, 4) is 5.82 Å². The zero-order chi connectivity index (χ0) is 19.8. The number of sulfone groups is 1. The molecule has 0 bridgehead atoms. The first kappa shape index (κ1) is 19.4. The van der Waals surface area contributed by atoms with Crippen LogP contribution in [0.2, 0.25) is 0 Å². The molecule has 0 spiro atoms. The monoisotopic (exact) mass is 398 g/mol. The summed E-state index contributed by atoms with van der Waals surface area (Å²) in [5.74, 6) is -0.202. The smallest absolute Gasteiger partial charge is 0.282 e. The van der Waals surface area contributed by atoms with Crippen molar-refractivity contribution >= 4 is 21.4 Å². The van der Waals surface area contributed by atoms with Crippen molar-refractivity contribution in [2.75, 3.05) is 11.6 Å². The molecule has 0 radical (unpaired) electrons. The molecule has 0 aliphatic heterocycles. The lowest BCUT2D eigenvalue weighted by Gasteiger charge is -2.16. The molecular weight excluding hydrogens is 378 g/mol. The van der Waals surface area contributed by atoms with Crippen LogP contribution in [0.5, 0.6) is 0 Å². The number of rotatable bonds is 6. The van der Waals surface area contributed by atoms with Crippen molar-refractivity contribution in [2.45, 2.75) is 50.0 Å². The Balaban J connectivity index is 2.12. The van der Waals surface area contributed by atoms with Crippen LogP contribution in [0.1, 0.15) is 55.1 Å². The fraction of sp³-hybridized carbons (Fsp3) is 0.471. The molecule has 2 aromatic heterocycles. The van der Waals surface area contributed by atoms with Crippen molar-refractivity contribution in [3.05, 3.63) is 29.6 Å². The topological polar surface area (TPSA) is 94.0 Å². The van der Waals surface area contributed by atoms with Crippen LogP contribution in [0.25, 0.3) is 5.82 Å². The first-order valence-corrected chi connectivity index (χ1v) is 10.4. The molecule has 1 aliphatic carbocycles. The molecular formula is C17H20F2N4O3S. The molecule has 2 heterocycles. The molecule has 1 aliphatic rings. The van der Waals surface area contributed by atoms with E-state index >= 15 is 0 Å². The number of nitrogens with one attached hydrogen (secondary N) is 1. The number of carbonyl (C=O) groups excluding carboxylic acids is 1. The van der Waals surface area contributed by atoms with Gasteiger partial charge in [-0.1, -0.05) is 12.8 Å². The van der Waals surface area contributed by atoms with Gasteiger partial charge in [0, 0.05) is 18.5 Å². The Kier molecular flexibility index (Phi) is 5.27. The van der Waals surface area contributed by atoms with E-state index in [4.69, 9.17) is 0 Å². The maximum absolute atomic E-state index is 13.5. The van der Waals surface area contributed by atoms with E-state index in [9.17, 15) is 22.0 Å². The quantitative estimate of drug-likeness (QED) is 0.751. The largest absolute Gasteiger partial charge is 0.367 e. The third kappa shape index (κ3) is 4.00. The molecule has 7 nitrogen and oxygen atoms in total. The third-order valence-corrected chi connectivity index (χ3v) is 5.63. The van der Waals surface area contributed by atoms with Crippen LogP contribution in [-0.4, -0.2) is 41.3 Å². The molecule has 0 saturated heterocycles. The molecule has 0 unspecified atom stereocenters. The van der Waals surface area contributed by atoms with E-state index in [0.29, 0.717) is 0 Å². The van der Waals surface area contributed by atoms with Crippen LogP contribution >= 0.6 is 0 Å². The second-order valence-corrected chi connectivity index (χ2v) is 8.64. The Morgan fingerprint density at radius 3 is 2.44 bits per heavy atom. The Morgan fingerprint density at radius 2 is 1.96 bits per heavy atom. The summed E-state index contributed by atoms with van der Waals surface area (Å²) in [4.78, 5) is 16.1. The van der Waals surface area contributed by atoms with Gasteiger partial charge < -0.3 is 5.32 Å².